The van der Waals surface area contributed by atoms with Crippen molar-refractivity contribution >= 4 is 0 Å². The van der Waals surface area contributed by atoms with E-state index in [4.69, 9.17) is 9.97 Å². The van der Waals surface area contributed by atoms with Crippen LogP contribution in [0, 0.1) is 5.92 Å². The van der Waals surface area contributed by atoms with E-state index in [1.165, 1.54) is 60.1 Å². The van der Waals surface area contributed by atoms with Crippen molar-refractivity contribution < 1.29 is 0 Å². The molecule has 38 heavy (non-hydrogen) atoms. The number of nitrogens with one attached hydrogen (secondary N) is 4. The molecule has 194 valence electrons. The van der Waals surface area contributed by atoms with Crippen molar-refractivity contribution in [3.63, 3.8) is 0 Å². The highest BCUT2D eigenvalue weighted by molar-refractivity contribution is 5.80. The SMILES string of the molecule is CC1CN[C@H](c2ncc(-c3ccc(-c4ccc(-c5cnc(C6CCCN6)[nH]5)c5c4C4CCC5C4)cc3)[nH]2)C1. The van der Waals surface area contributed by atoms with Crippen molar-refractivity contribution in [2.24, 2.45) is 5.92 Å². The Morgan fingerprint density at radius 2 is 1.37 bits per heavy atom. The summed E-state index contributed by atoms with van der Waals surface area (Å²) in [4.78, 5) is 16.7. The summed E-state index contributed by atoms with van der Waals surface area (Å²) >= 11 is 0. The molecule has 4 aliphatic rings. The fraction of sp³-hybridized carbons (Fsp3) is 0.438. The maximum absolute atomic E-state index is 4.78. The van der Waals surface area contributed by atoms with Crippen LogP contribution in [0.3, 0.4) is 0 Å². The highest BCUT2D eigenvalue weighted by Crippen LogP contribution is 2.58. The van der Waals surface area contributed by atoms with E-state index in [2.05, 4.69) is 70.1 Å². The third-order valence-electron chi connectivity index (χ3n) is 9.60. The fourth-order valence-corrected chi connectivity index (χ4v) is 7.69. The van der Waals surface area contributed by atoms with Gasteiger partial charge < -0.3 is 20.6 Å². The zero-order valence-electron chi connectivity index (χ0n) is 22.1. The fourth-order valence-electron chi connectivity index (χ4n) is 7.69. The van der Waals surface area contributed by atoms with Crippen molar-refractivity contribution in [1.29, 1.82) is 0 Å². The Morgan fingerprint density at radius 3 is 2.11 bits per heavy atom. The quantitative estimate of drug-likeness (QED) is 0.247. The molecule has 2 saturated heterocycles. The number of rotatable bonds is 5. The van der Waals surface area contributed by atoms with Crippen LogP contribution < -0.4 is 10.6 Å². The predicted molar refractivity (Wildman–Crippen MR) is 151 cm³/mol. The number of hydrogen-bond donors (Lipinski definition) is 4. The number of aromatic nitrogens is 4. The number of aromatic amines is 2. The van der Waals surface area contributed by atoms with E-state index in [0.29, 0.717) is 29.8 Å². The number of fused-ring (bicyclic) bond motifs is 5. The van der Waals surface area contributed by atoms with E-state index >= 15 is 0 Å². The highest BCUT2D eigenvalue weighted by Gasteiger charge is 2.40. The molecule has 3 fully saturated rings. The summed E-state index contributed by atoms with van der Waals surface area (Å²) in [6, 6.07) is 14.5. The van der Waals surface area contributed by atoms with Crippen LogP contribution >= 0.6 is 0 Å². The number of imidazole rings is 2. The summed E-state index contributed by atoms with van der Waals surface area (Å²) in [7, 11) is 0. The minimum atomic E-state index is 0.343. The van der Waals surface area contributed by atoms with Crippen molar-refractivity contribution in [3.8, 4) is 33.6 Å². The van der Waals surface area contributed by atoms with E-state index < -0.39 is 0 Å². The molecule has 1 saturated carbocycles. The van der Waals surface area contributed by atoms with Gasteiger partial charge in [-0.3, -0.25) is 0 Å². The second kappa shape index (κ2) is 8.92. The first-order valence-electron chi connectivity index (χ1n) is 14.6. The lowest BCUT2D eigenvalue weighted by Crippen LogP contribution is -2.14. The van der Waals surface area contributed by atoms with Gasteiger partial charge in [0, 0.05) is 5.56 Å². The molecule has 8 rings (SSSR count). The van der Waals surface area contributed by atoms with Gasteiger partial charge in [0.1, 0.15) is 11.6 Å². The number of H-pyrrole nitrogens is 2. The van der Waals surface area contributed by atoms with E-state index in [9.17, 15) is 0 Å². The molecule has 4 unspecified atom stereocenters. The van der Waals surface area contributed by atoms with Gasteiger partial charge in [-0.05, 0) is 97.2 Å². The molecule has 4 heterocycles. The van der Waals surface area contributed by atoms with Crippen LogP contribution in [0.2, 0.25) is 0 Å². The van der Waals surface area contributed by atoms with Crippen LogP contribution in [-0.4, -0.2) is 33.0 Å². The van der Waals surface area contributed by atoms with Crippen LogP contribution in [0.1, 0.15) is 92.1 Å². The Labute approximate surface area is 224 Å². The topological polar surface area (TPSA) is 81.4 Å². The second-order valence-electron chi connectivity index (χ2n) is 12.1. The number of nitrogens with zero attached hydrogens (tertiary/aromatic N) is 2. The minimum absolute atomic E-state index is 0.343. The molecule has 0 amide bonds. The molecule has 0 radical (unpaired) electrons. The molecule has 6 heteroatoms. The molecule has 2 aromatic heterocycles. The summed E-state index contributed by atoms with van der Waals surface area (Å²) in [6.07, 6.45) is 11.5. The smallest absolute Gasteiger partial charge is 0.123 e. The zero-order chi connectivity index (χ0) is 25.2. The highest BCUT2D eigenvalue weighted by atomic mass is 15.0. The van der Waals surface area contributed by atoms with Crippen LogP contribution in [0.4, 0.5) is 0 Å². The maximum atomic E-state index is 4.78. The van der Waals surface area contributed by atoms with Gasteiger partial charge in [-0.15, -0.1) is 0 Å². The first-order valence-corrected chi connectivity index (χ1v) is 14.6. The summed E-state index contributed by atoms with van der Waals surface area (Å²) in [5.41, 5.74) is 10.7. The summed E-state index contributed by atoms with van der Waals surface area (Å²) in [5, 5.41) is 7.16. The van der Waals surface area contributed by atoms with E-state index in [1.54, 1.807) is 11.1 Å². The molecule has 4 N–H and O–H groups in total. The Morgan fingerprint density at radius 1 is 0.684 bits per heavy atom. The molecule has 2 bridgehead atoms. The van der Waals surface area contributed by atoms with E-state index in [-0.39, 0.29) is 0 Å². The van der Waals surface area contributed by atoms with Gasteiger partial charge in [-0.1, -0.05) is 43.3 Å². The minimum Gasteiger partial charge on any atom is -0.341 e. The van der Waals surface area contributed by atoms with Gasteiger partial charge in [0.25, 0.3) is 0 Å². The monoisotopic (exact) mass is 504 g/mol. The van der Waals surface area contributed by atoms with E-state index in [1.807, 2.05) is 6.20 Å². The normalized spacial score (nSPS) is 27.9. The standard InChI is InChI=1S/C32H36N6/c1-18-13-26(34-15-18)32-35-16-27(37-32)20-6-4-19(5-7-20)23-10-11-24(30-22-9-8-21(14-22)29(23)30)28-17-36-31(38-28)25-3-2-12-33-25/h4-7,10-11,16-18,21-22,25-26,33-34H,2-3,8-9,12-15H2,1H3,(H,35,37)(H,36,38)/t18?,21?,22?,25?,26-/m0/s1. The summed E-state index contributed by atoms with van der Waals surface area (Å²) in [6.45, 7) is 4.45. The molecule has 6 nitrogen and oxygen atoms in total. The van der Waals surface area contributed by atoms with Gasteiger partial charge in [0.2, 0.25) is 0 Å². The molecule has 0 spiro atoms. The first kappa shape index (κ1) is 22.7. The third kappa shape index (κ3) is 3.69. The van der Waals surface area contributed by atoms with Gasteiger partial charge in [-0.25, -0.2) is 9.97 Å². The van der Waals surface area contributed by atoms with Crippen molar-refractivity contribution in [1.82, 2.24) is 30.6 Å². The summed E-state index contributed by atoms with van der Waals surface area (Å²) in [5.74, 6) is 4.21. The van der Waals surface area contributed by atoms with E-state index in [0.717, 1.165) is 36.9 Å². The molecular weight excluding hydrogens is 468 g/mol. The van der Waals surface area contributed by atoms with Gasteiger partial charge >= 0.3 is 0 Å². The van der Waals surface area contributed by atoms with Crippen LogP contribution in [0.25, 0.3) is 33.6 Å². The Hall–Kier alpha value is -3.22. The van der Waals surface area contributed by atoms with Crippen molar-refractivity contribution in [3.05, 3.63) is 71.6 Å². The number of hydrogen-bond acceptors (Lipinski definition) is 4. The van der Waals surface area contributed by atoms with Crippen LogP contribution in [0.15, 0.2) is 48.8 Å². The lowest BCUT2D eigenvalue weighted by molar-refractivity contribution is 0.588. The van der Waals surface area contributed by atoms with Crippen molar-refractivity contribution in [2.45, 2.75) is 69.4 Å². The Kier molecular flexibility index (Phi) is 5.34. The molecule has 2 aliphatic heterocycles. The molecule has 2 aromatic carbocycles. The molecule has 4 aromatic rings. The van der Waals surface area contributed by atoms with Gasteiger partial charge in [0.15, 0.2) is 0 Å². The third-order valence-corrected chi connectivity index (χ3v) is 9.60. The van der Waals surface area contributed by atoms with Gasteiger partial charge in [-0.2, -0.15) is 0 Å². The molecular formula is C32H36N6. The molecule has 2 aliphatic carbocycles. The maximum Gasteiger partial charge on any atom is 0.123 e. The summed E-state index contributed by atoms with van der Waals surface area (Å²) < 4.78 is 0. The lowest BCUT2D eigenvalue weighted by Gasteiger charge is -2.22. The lowest BCUT2D eigenvalue weighted by atomic mass is 9.82. The first-order chi connectivity index (χ1) is 18.7. The van der Waals surface area contributed by atoms with Crippen LogP contribution in [-0.2, 0) is 0 Å². The average Bonchev–Trinajstić information content (AvgIpc) is 3.78. The van der Waals surface area contributed by atoms with Crippen molar-refractivity contribution in [2.75, 3.05) is 13.1 Å². The molecule has 5 atom stereocenters. The average molecular weight is 505 g/mol. The van der Waals surface area contributed by atoms with Gasteiger partial charge in [0.05, 0.1) is 35.9 Å². The van der Waals surface area contributed by atoms with Crippen LogP contribution in [0.5, 0.6) is 0 Å². The Bertz CT molecular complexity index is 1470. The zero-order valence-corrected chi connectivity index (χ0v) is 22.1. The second-order valence-corrected chi connectivity index (χ2v) is 12.1. The predicted octanol–water partition coefficient (Wildman–Crippen LogP) is 6.59. The largest absolute Gasteiger partial charge is 0.341 e. The number of benzene rings is 2. The Balaban J connectivity index is 1.11.